The monoisotopic (exact) mass is 360 g/mol. The van der Waals surface area contributed by atoms with Crippen LogP contribution in [0.4, 0.5) is 26.1 Å². The maximum Gasteiger partial charge on any atom is 0.256 e. The molecule has 0 unspecified atom stereocenters. The lowest BCUT2D eigenvalue weighted by Gasteiger charge is -2.08. The van der Waals surface area contributed by atoms with Gasteiger partial charge in [0.1, 0.15) is 17.3 Å². The molecule has 0 aliphatic heterocycles. The standard InChI is InChI=1S/C17H11ClF2N4O/c18-11-6-4-10(5-7-11)17(25)22-15-9-8-14(23-24-15)21-16-12(19)2-1-3-13(16)20/h1-9H,(H,21,23)(H,22,24,25). The molecule has 8 heteroatoms. The molecule has 2 aromatic carbocycles. The van der Waals surface area contributed by atoms with Crippen LogP contribution in [0.3, 0.4) is 0 Å². The van der Waals surface area contributed by atoms with Gasteiger partial charge in [0.25, 0.3) is 5.91 Å². The largest absolute Gasteiger partial charge is 0.334 e. The fraction of sp³-hybridized carbons (Fsp3) is 0. The zero-order chi connectivity index (χ0) is 17.8. The Hall–Kier alpha value is -3.06. The summed E-state index contributed by atoms with van der Waals surface area (Å²) in [6, 6.07) is 12.7. The second-order valence-electron chi connectivity index (χ2n) is 4.99. The lowest BCUT2D eigenvalue weighted by atomic mass is 10.2. The van der Waals surface area contributed by atoms with Crippen LogP contribution in [0.15, 0.2) is 54.6 Å². The van der Waals surface area contributed by atoms with Gasteiger partial charge in [-0.25, -0.2) is 8.78 Å². The maximum atomic E-state index is 13.6. The van der Waals surface area contributed by atoms with Gasteiger partial charge >= 0.3 is 0 Å². The predicted molar refractivity (Wildman–Crippen MR) is 91.1 cm³/mol. The Bertz CT molecular complexity index is 881. The maximum absolute atomic E-state index is 13.6. The molecule has 0 saturated carbocycles. The normalized spacial score (nSPS) is 10.4. The Morgan fingerprint density at radius 1 is 0.880 bits per heavy atom. The summed E-state index contributed by atoms with van der Waals surface area (Å²) in [5, 5.41) is 13.2. The van der Waals surface area contributed by atoms with Crippen molar-refractivity contribution in [1.82, 2.24) is 10.2 Å². The van der Waals surface area contributed by atoms with Crippen molar-refractivity contribution < 1.29 is 13.6 Å². The number of rotatable bonds is 4. The second-order valence-corrected chi connectivity index (χ2v) is 5.42. The number of nitrogens with one attached hydrogen (secondary N) is 2. The topological polar surface area (TPSA) is 66.9 Å². The summed E-state index contributed by atoms with van der Waals surface area (Å²) in [5.41, 5.74) is 0.0802. The number of nitrogens with zero attached hydrogens (tertiary/aromatic N) is 2. The van der Waals surface area contributed by atoms with Gasteiger partial charge in [-0.3, -0.25) is 4.79 Å². The van der Waals surface area contributed by atoms with Crippen LogP contribution in [0, 0.1) is 11.6 Å². The van der Waals surface area contributed by atoms with Gasteiger partial charge < -0.3 is 10.6 Å². The number of amides is 1. The Kier molecular flexibility index (Phi) is 4.85. The van der Waals surface area contributed by atoms with Crippen LogP contribution in [0.25, 0.3) is 0 Å². The molecule has 2 N–H and O–H groups in total. The molecule has 0 bridgehead atoms. The van der Waals surface area contributed by atoms with Crippen molar-refractivity contribution in [3.63, 3.8) is 0 Å². The summed E-state index contributed by atoms with van der Waals surface area (Å²) < 4.78 is 27.2. The Labute approximate surface area is 146 Å². The number of carbonyl (C=O) groups is 1. The summed E-state index contributed by atoms with van der Waals surface area (Å²) >= 11 is 5.77. The molecule has 0 atom stereocenters. The number of carbonyl (C=O) groups excluding carboxylic acids is 1. The van der Waals surface area contributed by atoms with Crippen molar-refractivity contribution in [3.8, 4) is 0 Å². The van der Waals surface area contributed by atoms with Gasteiger partial charge in [-0.15, -0.1) is 10.2 Å². The smallest absolute Gasteiger partial charge is 0.256 e. The van der Waals surface area contributed by atoms with Crippen LogP contribution >= 0.6 is 11.6 Å². The molecule has 126 valence electrons. The minimum Gasteiger partial charge on any atom is -0.334 e. The zero-order valence-corrected chi connectivity index (χ0v) is 13.4. The van der Waals surface area contributed by atoms with E-state index < -0.39 is 11.6 Å². The van der Waals surface area contributed by atoms with E-state index in [9.17, 15) is 13.6 Å². The van der Waals surface area contributed by atoms with E-state index in [1.165, 1.54) is 18.2 Å². The molecular weight excluding hydrogens is 350 g/mol. The molecule has 5 nitrogen and oxygen atoms in total. The first kappa shape index (κ1) is 16.8. The first-order valence-corrected chi connectivity index (χ1v) is 7.52. The number of para-hydroxylation sites is 1. The highest BCUT2D eigenvalue weighted by molar-refractivity contribution is 6.30. The van der Waals surface area contributed by atoms with Crippen LogP contribution < -0.4 is 10.6 Å². The van der Waals surface area contributed by atoms with Crippen molar-refractivity contribution in [1.29, 1.82) is 0 Å². The van der Waals surface area contributed by atoms with Crippen molar-refractivity contribution >= 4 is 34.8 Å². The average Bonchev–Trinajstić information content (AvgIpc) is 2.60. The van der Waals surface area contributed by atoms with Gasteiger partial charge in [0.15, 0.2) is 11.6 Å². The lowest BCUT2D eigenvalue weighted by Crippen LogP contribution is -2.13. The third-order valence-corrected chi connectivity index (χ3v) is 3.48. The van der Waals surface area contributed by atoms with Crippen molar-refractivity contribution in [2.45, 2.75) is 0 Å². The molecule has 3 aromatic rings. The number of benzene rings is 2. The highest BCUT2D eigenvalue weighted by Crippen LogP contribution is 2.22. The molecular formula is C17H11ClF2N4O. The third kappa shape index (κ3) is 4.07. The second kappa shape index (κ2) is 7.23. The first-order chi connectivity index (χ1) is 12.0. The van der Waals surface area contributed by atoms with E-state index in [1.54, 1.807) is 24.3 Å². The van der Waals surface area contributed by atoms with Crippen molar-refractivity contribution in [3.05, 3.63) is 76.8 Å². The van der Waals surface area contributed by atoms with Gasteiger partial charge in [-0.1, -0.05) is 17.7 Å². The molecule has 0 aliphatic rings. The summed E-state index contributed by atoms with van der Waals surface area (Å²) in [5.74, 6) is -1.55. The Morgan fingerprint density at radius 2 is 1.48 bits per heavy atom. The number of anilines is 3. The molecule has 1 aromatic heterocycles. The highest BCUT2D eigenvalue weighted by Gasteiger charge is 2.10. The van der Waals surface area contributed by atoms with Gasteiger partial charge in [-0.2, -0.15) is 0 Å². The van der Waals surface area contributed by atoms with E-state index in [1.807, 2.05) is 0 Å². The number of hydrogen-bond donors (Lipinski definition) is 2. The van der Waals surface area contributed by atoms with Crippen molar-refractivity contribution in [2.24, 2.45) is 0 Å². The minimum absolute atomic E-state index is 0.133. The quantitative estimate of drug-likeness (QED) is 0.723. The van der Waals surface area contributed by atoms with Crippen LogP contribution in [-0.4, -0.2) is 16.1 Å². The molecule has 0 radical (unpaired) electrons. The molecule has 0 fully saturated rings. The van der Waals surface area contributed by atoms with E-state index in [-0.39, 0.29) is 23.2 Å². The number of halogens is 3. The van der Waals surface area contributed by atoms with Gasteiger partial charge in [-0.05, 0) is 48.5 Å². The minimum atomic E-state index is -0.748. The van der Waals surface area contributed by atoms with Gasteiger partial charge in [0.05, 0.1) is 0 Å². The van der Waals surface area contributed by atoms with Crippen LogP contribution in [0.5, 0.6) is 0 Å². The molecule has 0 aliphatic carbocycles. The third-order valence-electron chi connectivity index (χ3n) is 3.23. The molecule has 25 heavy (non-hydrogen) atoms. The van der Waals surface area contributed by atoms with Crippen LogP contribution in [0.2, 0.25) is 5.02 Å². The SMILES string of the molecule is O=C(Nc1ccc(Nc2c(F)cccc2F)nn1)c1ccc(Cl)cc1. The zero-order valence-electron chi connectivity index (χ0n) is 12.6. The predicted octanol–water partition coefficient (Wildman–Crippen LogP) is 4.40. The number of aromatic nitrogens is 2. The summed E-state index contributed by atoms with van der Waals surface area (Å²) in [6.07, 6.45) is 0. The highest BCUT2D eigenvalue weighted by atomic mass is 35.5. The molecule has 1 heterocycles. The fourth-order valence-corrected chi connectivity index (χ4v) is 2.13. The molecule has 3 rings (SSSR count). The van der Waals surface area contributed by atoms with Gasteiger partial charge in [0, 0.05) is 10.6 Å². The first-order valence-electron chi connectivity index (χ1n) is 7.14. The van der Waals surface area contributed by atoms with E-state index in [0.29, 0.717) is 10.6 Å². The Morgan fingerprint density at radius 3 is 2.08 bits per heavy atom. The molecule has 1 amide bonds. The van der Waals surface area contributed by atoms with E-state index in [2.05, 4.69) is 20.8 Å². The van der Waals surface area contributed by atoms with Crippen LogP contribution in [-0.2, 0) is 0 Å². The fourth-order valence-electron chi connectivity index (χ4n) is 2.00. The lowest BCUT2D eigenvalue weighted by molar-refractivity contribution is 0.102. The van der Waals surface area contributed by atoms with E-state index in [4.69, 9.17) is 11.6 Å². The number of hydrogen-bond acceptors (Lipinski definition) is 4. The summed E-state index contributed by atoms with van der Waals surface area (Å²) in [7, 11) is 0. The molecule has 0 saturated heterocycles. The van der Waals surface area contributed by atoms with Crippen LogP contribution in [0.1, 0.15) is 10.4 Å². The van der Waals surface area contributed by atoms with E-state index >= 15 is 0 Å². The summed E-state index contributed by atoms with van der Waals surface area (Å²) in [6.45, 7) is 0. The van der Waals surface area contributed by atoms with Gasteiger partial charge in [0.2, 0.25) is 0 Å². The summed E-state index contributed by atoms with van der Waals surface area (Å²) in [4.78, 5) is 12.1. The van der Waals surface area contributed by atoms with Crippen molar-refractivity contribution in [2.75, 3.05) is 10.6 Å². The van der Waals surface area contributed by atoms with E-state index in [0.717, 1.165) is 12.1 Å². The average molecular weight is 361 g/mol. The molecule has 0 spiro atoms. The Balaban J connectivity index is 1.70.